The summed E-state index contributed by atoms with van der Waals surface area (Å²) in [5.41, 5.74) is 0.381. The van der Waals surface area contributed by atoms with Gasteiger partial charge in [0, 0.05) is 32.0 Å². The van der Waals surface area contributed by atoms with Crippen molar-refractivity contribution in [2.75, 3.05) is 31.2 Å². The molecular formula is C15H20N4O3. The summed E-state index contributed by atoms with van der Waals surface area (Å²) in [6, 6.07) is 0.332. The molecule has 0 radical (unpaired) electrons. The maximum Gasteiger partial charge on any atom is 0.271 e. The highest BCUT2D eigenvalue weighted by Crippen LogP contribution is 2.32. The van der Waals surface area contributed by atoms with Crippen molar-refractivity contribution in [2.24, 2.45) is 0 Å². The molecule has 7 heteroatoms. The highest BCUT2D eigenvalue weighted by atomic mass is 16.7. The number of nitrogens with one attached hydrogen (secondary N) is 1. The van der Waals surface area contributed by atoms with Crippen LogP contribution >= 0.6 is 0 Å². The molecule has 2 saturated heterocycles. The Morgan fingerprint density at radius 3 is 2.50 bits per heavy atom. The van der Waals surface area contributed by atoms with Crippen molar-refractivity contribution in [1.29, 1.82) is 0 Å². The van der Waals surface area contributed by atoms with E-state index in [-0.39, 0.29) is 11.7 Å². The lowest BCUT2D eigenvalue weighted by Crippen LogP contribution is -2.45. The third-order valence-corrected chi connectivity index (χ3v) is 4.45. The van der Waals surface area contributed by atoms with Crippen LogP contribution in [0.25, 0.3) is 0 Å². The number of amides is 1. The van der Waals surface area contributed by atoms with Gasteiger partial charge in [-0.3, -0.25) is 4.79 Å². The van der Waals surface area contributed by atoms with Gasteiger partial charge in [-0.05, 0) is 12.8 Å². The van der Waals surface area contributed by atoms with E-state index in [1.54, 1.807) is 12.4 Å². The van der Waals surface area contributed by atoms with Gasteiger partial charge >= 0.3 is 0 Å². The van der Waals surface area contributed by atoms with Crippen LogP contribution in [-0.2, 0) is 9.47 Å². The Balaban J connectivity index is 1.37. The maximum atomic E-state index is 11.9. The number of aromatic nitrogens is 2. The minimum atomic E-state index is -0.381. The van der Waals surface area contributed by atoms with Gasteiger partial charge in [-0.25, -0.2) is 9.97 Å². The van der Waals surface area contributed by atoms with Gasteiger partial charge in [-0.1, -0.05) is 0 Å². The topological polar surface area (TPSA) is 76.6 Å². The number of hydrogen-bond acceptors (Lipinski definition) is 6. The van der Waals surface area contributed by atoms with Crippen molar-refractivity contribution in [2.45, 2.75) is 37.5 Å². The first-order valence-electron chi connectivity index (χ1n) is 7.90. The van der Waals surface area contributed by atoms with E-state index >= 15 is 0 Å². The summed E-state index contributed by atoms with van der Waals surface area (Å²) in [5, 5.41) is 2.91. The second-order valence-corrected chi connectivity index (χ2v) is 6.10. The van der Waals surface area contributed by atoms with Crippen molar-refractivity contribution in [3.05, 3.63) is 18.1 Å². The lowest BCUT2D eigenvalue weighted by molar-refractivity contribution is -0.169. The number of piperidine rings is 1. The van der Waals surface area contributed by atoms with Gasteiger partial charge in [0.15, 0.2) is 5.79 Å². The summed E-state index contributed by atoms with van der Waals surface area (Å²) >= 11 is 0. The lowest BCUT2D eigenvalue weighted by atomic mass is 10.0. The number of carbonyl (C=O) groups is 1. The Bertz CT molecular complexity index is 542. The number of rotatable bonds is 3. The number of nitrogens with zero attached hydrogens (tertiary/aromatic N) is 3. The van der Waals surface area contributed by atoms with E-state index in [1.165, 1.54) is 0 Å². The molecule has 1 spiro atoms. The molecule has 7 nitrogen and oxygen atoms in total. The van der Waals surface area contributed by atoms with Crippen LogP contribution in [0.15, 0.2) is 12.4 Å². The lowest BCUT2D eigenvalue weighted by Gasteiger charge is -2.37. The molecule has 0 unspecified atom stereocenters. The van der Waals surface area contributed by atoms with E-state index in [1.807, 2.05) is 0 Å². The van der Waals surface area contributed by atoms with Crippen molar-refractivity contribution >= 4 is 11.7 Å². The molecule has 1 N–H and O–H groups in total. The summed E-state index contributed by atoms with van der Waals surface area (Å²) < 4.78 is 11.4. The second-order valence-electron chi connectivity index (χ2n) is 6.10. The minimum Gasteiger partial charge on any atom is -0.355 e. The Labute approximate surface area is 129 Å². The molecule has 0 atom stereocenters. The molecule has 3 fully saturated rings. The SMILES string of the molecule is O=C(NC1CC1)c1cnc(N2CCC3(CC2)OCCO3)cn1. The average molecular weight is 304 g/mol. The molecule has 0 bridgehead atoms. The van der Waals surface area contributed by atoms with Crippen LogP contribution < -0.4 is 10.2 Å². The van der Waals surface area contributed by atoms with E-state index in [9.17, 15) is 4.79 Å². The van der Waals surface area contributed by atoms with Crippen molar-refractivity contribution in [3.63, 3.8) is 0 Å². The first kappa shape index (κ1) is 13.9. The van der Waals surface area contributed by atoms with Gasteiger partial charge < -0.3 is 19.7 Å². The van der Waals surface area contributed by atoms with Crippen molar-refractivity contribution in [3.8, 4) is 0 Å². The average Bonchev–Trinajstić information content (AvgIpc) is 3.26. The third kappa shape index (κ3) is 2.78. The van der Waals surface area contributed by atoms with Crippen LogP contribution in [0, 0.1) is 0 Å². The van der Waals surface area contributed by atoms with Gasteiger partial charge in [0.2, 0.25) is 0 Å². The van der Waals surface area contributed by atoms with E-state index in [4.69, 9.17) is 9.47 Å². The van der Waals surface area contributed by atoms with Crippen LogP contribution in [0.2, 0.25) is 0 Å². The van der Waals surface area contributed by atoms with E-state index in [0.29, 0.717) is 24.9 Å². The fraction of sp³-hybridized carbons (Fsp3) is 0.667. The number of hydrogen-bond donors (Lipinski definition) is 1. The molecule has 3 aliphatic rings. The molecule has 0 aromatic carbocycles. The van der Waals surface area contributed by atoms with Crippen LogP contribution in [0.3, 0.4) is 0 Å². The largest absolute Gasteiger partial charge is 0.355 e. The quantitative estimate of drug-likeness (QED) is 0.886. The fourth-order valence-corrected chi connectivity index (χ4v) is 2.95. The molecule has 1 saturated carbocycles. The Hall–Kier alpha value is -1.73. The zero-order chi connectivity index (χ0) is 15.0. The molecule has 22 heavy (non-hydrogen) atoms. The molecule has 1 aromatic heterocycles. The van der Waals surface area contributed by atoms with Crippen LogP contribution in [0.1, 0.15) is 36.2 Å². The van der Waals surface area contributed by atoms with E-state index in [0.717, 1.165) is 44.6 Å². The van der Waals surface area contributed by atoms with E-state index < -0.39 is 0 Å². The predicted molar refractivity (Wildman–Crippen MR) is 78.6 cm³/mol. The Morgan fingerprint density at radius 2 is 1.91 bits per heavy atom. The van der Waals surface area contributed by atoms with Gasteiger partial charge in [-0.2, -0.15) is 0 Å². The van der Waals surface area contributed by atoms with Gasteiger partial charge in [0.05, 0.1) is 25.6 Å². The second kappa shape index (κ2) is 5.48. The zero-order valence-electron chi connectivity index (χ0n) is 12.5. The van der Waals surface area contributed by atoms with Gasteiger partial charge in [0.1, 0.15) is 11.5 Å². The van der Waals surface area contributed by atoms with Crippen LogP contribution in [0.4, 0.5) is 5.82 Å². The molecule has 4 rings (SSSR count). The normalized spacial score (nSPS) is 23.7. The van der Waals surface area contributed by atoms with Crippen LogP contribution in [-0.4, -0.2) is 54.0 Å². The highest BCUT2D eigenvalue weighted by Gasteiger charge is 2.40. The number of carbonyl (C=O) groups excluding carboxylic acids is 1. The summed E-state index contributed by atoms with van der Waals surface area (Å²) in [5.74, 6) is 0.288. The fourth-order valence-electron chi connectivity index (χ4n) is 2.95. The molecule has 3 heterocycles. The van der Waals surface area contributed by atoms with Crippen LogP contribution in [0.5, 0.6) is 0 Å². The minimum absolute atomic E-state index is 0.132. The highest BCUT2D eigenvalue weighted by molar-refractivity contribution is 5.92. The van der Waals surface area contributed by atoms with E-state index in [2.05, 4.69) is 20.2 Å². The predicted octanol–water partition coefficient (Wildman–Crippen LogP) is 0.712. The third-order valence-electron chi connectivity index (χ3n) is 4.45. The van der Waals surface area contributed by atoms with Gasteiger partial charge in [-0.15, -0.1) is 0 Å². The summed E-state index contributed by atoms with van der Waals surface area (Å²) in [7, 11) is 0. The zero-order valence-corrected chi connectivity index (χ0v) is 12.5. The molecule has 1 amide bonds. The smallest absolute Gasteiger partial charge is 0.271 e. The molecule has 1 aromatic rings. The summed E-state index contributed by atoms with van der Waals surface area (Å²) in [6.45, 7) is 3.01. The molecular weight excluding hydrogens is 284 g/mol. The molecule has 2 aliphatic heterocycles. The first-order chi connectivity index (χ1) is 10.7. The monoisotopic (exact) mass is 304 g/mol. The first-order valence-corrected chi connectivity index (χ1v) is 7.90. The number of anilines is 1. The molecule has 1 aliphatic carbocycles. The Kier molecular flexibility index (Phi) is 3.46. The van der Waals surface area contributed by atoms with Crippen molar-refractivity contribution in [1.82, 2.24) is 15.3 Å². The van der Waals surface area contributed by atoms with Gasteiger partial charge in [0.25, 0.3) is 5.91 Å². The summed E-state index contributed by atoms with van der Waals surface area (Å²) in [4.78, 5) is 22.7. The Morgan fingerprint density at radius 1 is 1.18 bits per heavy atom. The maximum absolute atomic E-state index is 11.9. The number of ether oxygens (including phenoxy) is 2. The summed E-state index contributed by atoms with van der Waals surface area (Å²) in [6.07, 6.45) is 7.03. The van der Waals surface area contributed by atoms with Crippen molar-refractivity contribution < 1.29 is 14.3 Å². The molecule has 118 valence electrons. The standard InChI is InChI=1S/C15H20N4O3/c20-14(18-11-1-2-11)12-9-17-13(10-16-12)19-5-3-15(4-6-19)21-7-8-22-15/h9-11H,1-8H2,(H,18,20).